The van der Waals surface area contributed by atoms with E-state index < -0.39 is 101 Å². The molecular weight excluding hydrogens is 655 g/mol. The minimum atomic E-state index is -5.32. The van der Waals surface area contributed by atoms with Crippen LogP contribution < -0.4 is 5.32 Å². The third-order valence-electron chi connectivity index (χ3n) is 5.05. The first-order valence-electron chi connectivity index (χ1n) is 10.2. The molecule has 0 saturated carbocycles. The first-order valence-corrected chi connectivity index (χ1v) is 15.3. The molecule has 1 heterocycles. The summed E-state index contributed by atoms with van der Waals surface area (Å²) in [6.45, 7) is 0. The van der Waals surface area contributed by atoms with E-state index in [9.17, 15) is 49.1 Å². The smallest absolute Gasteiger partial charge is 0.297 e. The van der Waals surface area contributed by atoms with E-state index in [1.54, 1.807) is 0 Å². The van der Waals surface area contributed by atoms with Crippen LogP contribution in [0.3, 0.4) is 0 Å². The number of hydrogen-bond acceptors (Lipinski definition) is 14. The van der Waals surface area contributed by atoms with Crippen molar-refractivity contribution < 1.29 is 49.1 Å². The number of benzene rings is 3. The second kappa shape index (κ2) is 10.6. The van der Waals surface area contributed by atoms with Crippen LogP contribution in [0.2, 0.25) is 10.6 Å². The first-order chi connectivity index (χ1) is 18.9. The molecular formula is C19H12Cl2N6O11S3. The zero-order chi connectivity index (χ0) is 30.5. The highest BCUT2D eigenvalue weighted by molar-refractivity contribution is 7.86. The van der Waals surface area contributed by atoms with Crippen molar-refractivity contribution in [3.05, 3.63) is 47.0 Å². The van der Waals surface area contributed by atoms with E-state index in [0.29, 0.717) is 12.1 Å². The molecule has 216 valence electrons. The van der Waals surface area contributed by atoms with Crippen LogP contribution in [0.4, 0.5) is 23.0 Å². The van der Waals surface area contributed by atoms with E-state index in [-0.39, 0.29) is 0 Å². The lowest BCUT2D eigenvalue weighted by Gasteiger charge is -2.15. The number of phenols is 2. The van der Waals surface area contributed by atoms with Crippen molar-refractivity contribution in [2.45, 2.75) is 14.7 Å². The summed E-state index contributed by atoms with van der Waals surface area (Å²) in [6.07, 6.45) is 0. The van der Waals surface area contributed by atoms with Gasteiger partial charge in [-0.3, -0.25) is 13.7 Å². The molecule has 0 radical (unpaired) electrons. The van der Waals surface area contributed by atoms with Crippen molar-refractivity contribution in [2.75, 3.05) is 5.32 Å². The van der Waals surface area contributed by atoms with Crippen LogP contribution in [-0.4, -0.2) is 64.1 Å². The number of phenolic OH excluding ortho intramolecular Hbond substituents is 2. The largest absolute Gasteiger partial charge is 0.506 e. The maximum atomic E-state index is 12.4. The zero-order valence-electron chi connectivity index (χ0n) is 19.4. The lowest BCUT2D eigenvalue weighted by molar-refractivity contribution is 0.470. The SMILES string of the molecule is O=S(=O)(O)c1ccc(O)c(N=Nc2c(S(=O)(=O)O)cc3c(S(=O)(=O)O)c(Nc4nc(Cl)nc(Cl)n4)ccc3c2O)c1. The van der Waals surface area contributed by atoms with Crippen molar-refractivity contribution in [1.82, 2.24) is 15.0 Å². The summed E-state index contributed by atoms with van der Waals surface area (Å²) in [5, 5.41) is 28.4. The Morgan fingerprint density at radius 1 is 0.732 bits per heavy atom. The molecule has 41 heavy (non-hydrogen) atoms. The average molecular weight is 667 g/mol. The fourth-order valence-electron chi connectivity index (χ4n) is 3.41. The number of fused-ring (bicyclic) bond motifs is 1. The molecule has 0 bridgehead atoms. The number of anilines is 2. The van der Waals surface area contributed by atoms with Crippen LogP contribution in [0.15, 0.2) is 61.3 Å². The number of nitrogens with zero attached hydrogens (tertiary/aromatic N) is 5. The molecule has 0 amide bonds. The number of aromatic hydroxyl groups is 2. The molecule has 0 aliphatic carbocycles. The van der Waals surface area contributed by atoms with Gasteiger partial charge in [-0.15, -0.1) is 10.2 Å². The highest BCUT2D eigenvalue weighted by atomic mass is 35.5. The number of halogens is 2. The number of hydrogen-bond donors (Lipinski definition) is 6. The summed E-state index contributed by atoms with van der Waals surface area (Å²) in [6, 6.07) is 4.90. The molecule has 22 heteroatoms. The molecule has 0 spiro atoms. The number of azo groups is 1. The molecule has 0 unspecified atom stereocenters. The molecule has 0 aliphatic heterocycles. The quantitative estimate of drug-likeness (QED) is 0.121. The van der Waals surface area contributed by atoms with Gasteiger partial charge >= 0.3 is 0 Å². The number of rotatable bonds is 7. The molecule has 17 nitrogen and oxygen atoms in total. The van der Waals surface area contributed by atoms with Crippen molar-refractivity contribution in [3.63, 3.8) is 0 Å². The Labute approximate surface area is 239 Å². The van der Waals surface area contributed by atoms with Gasteiger partial charge in [0.2, 0.25) is 16.5 Å². The van der Waals surface area contributed by atoms with E-state index in [2.05, 4.69) is 30.5 Å². The molecule has 4 aromatic rings. The van der Waals surface area contributed by atoms with Crippen LogP contribution in [0.5, 0.6) is 11.5 Å². The Morgan fingerprint density at radius 2 is 1.37 bits per heavy atom. The molecule has 0 aliphatic rings. The van der Waals surface area contributed by atoms with Gasteiger partial charge in [0.25, 0.3) is 30.4 Å². The summed E-state index contributed by atoms with van der Waals surface area (Å²) in [5.41, 5.74) is -2.05. The minimum Gasteiger partial charge on any atom is -0.506 e. The predicted molar refractivity (Wildman–Crippen MR) is 140 cm³/mol. The van der Waals surface area contributed by atoms with Crippen LogP contribution in [0, 0.1) is 0 Å². The molecule has 4 rings (SSSR count). The van der Waals surface area contributed by atoms with E-state index in [0.717, 1.165) is 24.3 Å². The maximum Gasteiger partial charge on any atom is 0.297 e. The summed E-state index contributed by atoms with van der Waals surface area (Å²) in [4.78, 5) is 7.94. The topological polar surface area (TPSA) is 279 Å². The summed E-state index contributed by atoms with van der Waals surface area (Å²) < 4.78 is 101. The summed E-state index contributed by atoms with van der Waals surface area (Å²) in [5.74, 6) is -2.15. The Hall–Kier alpha value is -3.76. The third kappa shape index (κ3) is 6.44. The zero-order valence-corrected chi connectivity index (χ0v) is 23.3. The molecule has 0 atom stereocenters. The van der Waals surface area contributed by atoms with Crippen LogP contribution in [0.1, 0.15) is 0 Å². The fourth-order valence-corrected chi connectivity index (χ4v) is 5.77. The van der Waals surface area contributed by atoms with Gasteiger partial charge < -0.3 is 15.5 Å². The van der Waals surface area contributed by atoms with Crippen molar-refractivity contribution in [2.24, 2.45) is 10.2 Å². The van der Waals surface area contributed by atoms with Gasteiger partial charge in [0.1, 0.15) is 26.9 Å². The third-order valence-corrected chi connectivity index (χ3v) is 8.06. The Bertz CT molecular complexity index is 2090. The maximum absolute atomic E-state index is 12.4. The lowest BCUT2D eigenvalue weighted by atomic mass is 10.1. The normalized spacial score (nSPS) is 12.7. The predicted octanol–water partition coefficient (Wildman–Crippen LogP) is 3.64. The highest BCUT2D eigenvalue weighted by Crippen LogP contribution is 2.45. The van der Waals surface area contributed by atoms with Crippen LogP contribution in [-0.2, 0) is 30.4 Å². The molecule has 0 saturated heterocycles. The number of aromatic nitrogens is 3. The average Bonchev–Trinajstić information content (AvgIpc) is 2.81. The second-order valence-corrected chi connectivity index (χ2v) is 12.6. The fraction of sp³-hybridized carbons (Fsp3) is 0. The van der Waals surface area contributed by atoms with Gasteiger partial charge in [-0.05, 0) is 59.6 Å². The van der Waals surface area contributed by atoms with Gasteiger partial charge in [0.15, 0.2) is 5.75 Å². The van der Waals surface area contributed by atoms with Gasteiger partial charge in [0, 0.05) is 10.8 Å². The van der Waals surface area contributed by atoms with Crippen LogP contribution in [0.25, 0.3) is 10.8 Å². The van der Waals surface area contributed by atoms with Gasteiger partial charge in [-0.1, -0.05) is 0 Å². The van der Waals surface area contributed by atoms with Crippen molar-refractivity contribution >= 4 is 87.3 Å². The standard InChI is InChI=1S/C19H12Cl2N6O11S3/c20-17-23-18(21)25-19(24-17)22-10-3-2-8-9(16(10)41(36,37)38)6-13(40(33,34)35)14(15(8)29)27-26-11-5-7(39(30,31)32)1-4-12(11)28/h1-6,28-29H,(H,30,31,32)(H,33,34,35)(H,36,37,38)(H,22,23,24,25). The molecule has 0 fully saturated rings. The van der Waals surface area contributed by atoms with E-state index in [4.69, 9.17) is 23.2 Å². The van der Waals surface area contributed by atoms with Gasteiger partial charge in [0.05, 0.1) is 10.6 Å². The van der Waals surface area contributed by atoms with E-state index in [1.807, 2.05) is 0 Å². The number of nitrogens with one attached hydrogen (secondary N) is 1. The van der Waals surface area contributed by atoms with E-state index >= 15 is 0 Å². The second-order valence-electron chi connectivity index (χ2n) is 7.71. The molecule has 1 aromatic heterocycles. The minimum absolute atomic E-state index is 0.392. The molecule has 3 aromatic carbocycles. The van der Waals surface area contributed by atoms with Crippen molar-refractivity contribution in [1.29, 1.82) is 0 Å². The Kier molecular flexibility index (Phi) is 7.79. The monoisotopic (exact) mass is 666 g/mol. The Morgan fingerprint density at radius 3 is 1.93 bits per heavy atom. The van der Waals surface area contributed by atoms with Crippen molar-refractivity contribution in [3.8, 4) is 11.5 Å². The van der Waals surface area contributed by atoms with E-state index in [1.165, 1.54) is 0 Å². The van der Waals surface area contributed by atoms with Crippen LogP contribution >= 0.6 is 23.2 Å². The summed E-state index contributed by atoms with van der Waals surface area (Å²) in [7, 11) is -15.3. The lowest BCUT2D eigenvalue weighted by Crippen LogP contribution is -2.08. The van der Waals surface area contributed by atoms with Gasteiger partial charge in [-0.2, -0.15) is 40.2 Å². The first kappa shape index (κ1) is 30.2. The highest BCUT2D eigenvalue weighted by Gasteiger charge is 2.28. The summed E-state index contributed by atoms with van der Waals surface area (Å²) >= 11 is 11.4. The molecule has 6 N–H and O–H groups in total. The van der Waals surface area contributed by atoms with Gasteiger partial charge in [-0.25, -0.2) is 0 Å². The Balaban J connectivity index is 1.99.